The van der Waals surface area contributed by atoms with Gasteiger partial charge in [-0.25, -0.2) is 23.4 Å². The summed E-state index contributed by atoms with van der Waals surface area (Å²) < 4.78 is 26.3. The van der Waals surface area contributed by atoms with Gasteiger partial charge in [-0.05, 0) is 52.6 Å². The summed E-state index contributed by atoms with van der Waals surface area (Å²) in [6, 6.07) is 49.1. The second kappa shape index (κ2) is 10.8. The van der Waals surface area contributed by atoms with Gasteiger partial charge in [0, 0.05) is 27.8 Å². The topological polar surface area (TPSA) is 72.8 Å². The van der Waals surface area contributed by atoms with E-state index >= 15 is 0 Å². The van der Waals surface area contributed by atoms with Gasteiger partial charge in [-0.2, -0.15) is 0 Å². The van der Waals surface area contributed by atoms with Crippen molar-refractivity contribution in [2.45, 2.75) is 9.79 Å². The fourth-order valence-electron chi connectivity index (χ4n) is 5.85. The van der Waals surface area contributed by atoms with Crippen molar-refractivity contribution in [3.63, 3.8) is 0 Å². The van der Waals surface area contributed by atoms with E-state index in [1.807, 2.05) is 109 Å². The molecule has 0 bridgehead atoms. The molecule has 0 spiro atoms. The van der Waals surface area contributed by atoms with Gasteiger partial charge < -0.3 is 0 Å². The van der Waals surface area contributed by atoms with Crippen LogP contribution in [0.25, 0.3) is 67.5 Å². The SMILES string of the molecule is O=S1(=O)c2ccccc2-c2cc(-c3cccc(-c4nc(-c5ccccc5)nc(-c5cccc(-c6ccccc6)c5)n4)c3)ccc21. The third kappa shape index (κ3) is 4.82. The molecule has 0 atom stereocenters. The number of benzene rings is 6. The summed E-state index contributed by atoms with van der Waals surface area (Å²) >= 11 is 0. The number of hydrogen-bond donors (Lipinski definition) is 0. The first kappa shape index (κ1) is 26.9. The molecule has 8 rings (SSSR count). The molecule has 0 fully saturated rings. The minimum absolute atomic E-state index is 0.343. The van der Waals surface area contributed by atoms with Crippen LogP contribution >= 0.6 is 0 Å². The summed E-state index contributed by atoms with van der Waals surface area (Å²) in [5, 5.41) is 0. The van der Waals surface area contributed by atoms with Gasteiger partial charge in [0.15, 0.2) is 17.5 Å². The zero-order valence-corrected chi connectivity index (χ0v) is 24.8. The highest BCUT2D eigenvalue weighted by Crippen LogP contribution is 2.44. The standard InChI is InChI=1S/C39H25N3O2S/c43-45(44)35-20-8-7-19-33(35)34-25-30(21-22-36(34)45)29-16-10-18-32(24-29)39-41-37(27-13-5-2-6-14-27)40-38(42-39)31-17-9-15-28(23-31)26-11-3-1-4-12-26/h1-25H. The molecule has 5 nitrogen and oxygen atoms in total. The number of hydrogen-bond acceptors (Lipinski definition) is 5. The van der Waals surface area contributed by atoms with Crippen molar-refractivity contribution < 1.29 is 8.42 Å². The van der Waals surface area contributed by atoms with E-state index in [1.165, 1.54) is 0 Å². The zero-order chi connectivity index (χ0) is 30.4. The predicted octanol–water partition coefficient (Wildman–Crippen LogP) is 9.02. The van der Waals surface area contributed by atoms with Crippen molar-refractivity contribution in [1.29, 1.82) is 0 Å². The van der Waals surface area contributed by atoms with Crippen LogP contribution < -0.4 is 0 Å². The van der Waals surface area contributed by atoms with E-state index in [1.54, 1.807) is 18.2 Å². The van der Waals surface area contributed by atoms with Crippen LogP contribution in [0.1, 0.15) is 0 Å². The first-order valence-corrected chi connectivity index (χ1v) is 16.1. The van der Waals surface area contributed by atoms with Crippen molar-refractivity contribution >= 4 is 9.84 Å². The lowest BCUT2D eigenvalue weighted by atomic mass is 9.98. The number of rotatable bonds is 5. The van der Waals surface area contributed by atoms with Gasteiger partial charge in [-0.3, -0.25) is 0 Å². The minimum Gasteiger partial charge on any atom is -0.218 e. The molecule has 0 amide bonds. The molecule has 7 aromatic rings. The fraction of sp³-hybridized carbons (Fsp3) is 0. The van der Waals surface area contributed by atoms with E-state index in [4.69, 9.17) is 15.0 Å². The molecule has 0 saturated heterocycles. The molecule has 6 heteroatoms. The molecule has 0 N–H and O–H groups in total. The highest BCUT2D eigenvalue weighted by Gasteiger charge is 2.32. The van der Waals surface area contributed by atoms with Crippen LogP contribution in [0.15, 0.2) is 161 Å². The first-order valence-electron chi connectivity index (χ1n) is 14.6. The van der Waals surface area contributed by atoms with Crippen LogP contribution in [0.3, 0.4) is 0 Å². The Bertz CT molecular complexity index is 2340. The molecule has 214 valence electrons. The molecule has 2 heterocycles. The number of fused-ring (bicyclic) bond motifs is 3. The number of sulfone groups is 1. The molecular formula is C39H25N3O2S. The fourth-order valence-corrected chi connectivity index (χ4v) is 7.52. The maximum Gasteiger partial charge on any atom is 0.207 e. The quantitative estimate of drug-likeness (QED) is 0.197. The Morgan fingerprint density at radius 2 is 0.778 bits per heavy atom. The van der Waals surface area contributed by atoms with Gasteiger partial charge in [0.05, 0.1) is 9.79 Å². The average Bonchev–Trinajstić information content (AvgIpc) is 3.34. The van der Waals surface area contributed by atoms with E-state index in [0.29, 0.717) is 27.3 Å². The molecule has 0 aliphatic carbocycles. The third-order valence-corrected chi connectivity index (χ3v) is 9.96. The second-order valence-corrected chi connectivity index (χ2v) is 12.8. The summed E-state index contributed by atoms with van der Waals surface area (Å²) in [6.07, 6.45) is 0. The Morgan fingerprint density at radius 3 is 1.42 bits per heavy atom. The lowest BCUT2D eigenvalue weighted by Gasteiger charge is -2.11. The lowest BCUT2D eigenvalue weighted by molar-refractivity contribution is 0.598. The van der Waals surface area contributed by atoms with Crippen molar-refractivity contribution in [2.75, 3.05) is 0 Å². The van der Waals surface area contributed by atoms with Crippen LogP contribution in [-0.4, -0.2) is 23.4 Å². The largest absolute Gasteiger partial charge is 0.218 e. The Labute approximate surface area is 261 Å². The summed E-state index contributed by atoms with van der Waals surface area (Å²) in [6.45, 7) is 0. The summed E-state index contributed by atoms with van der Waals surface area (Å²) in [5.41, 5.74) is 8.14. The number of nitrogens with zero attached hydrogens (tertiary/aromatic N) is 3. The molecule has 1 aliphatic rings. The molecule has 1 aliphatic heterocycles. The monoisotopic (exact) mass is 599 g/mol. The van der Waals surface area contributed by atoms with Crippen LogP contribution in [0, 0.1) is 0 Å². The maximum absolute atomic E-state index is 13.1. The Balaban J connectivity index is 1.24. The van der Waals surface area contributed by atoms with Crippen LogP contribution in [0.4, 0.5) is 0 Å². The third-order valence-electron chi connectivity index (χ3n) is 8.09. The second-order valence-electron chi connectivity index (χ2n) is 10.9. The Hall–Kier alpha value is -5.72. The molecule has 0 radical (unpaired) electrons. The lowest BCUT2D eigenvalue weighted by Crippen LogP contribution is -2.00. The normalized spacial score (nSPS) is 12.8. The maximum atomic E-state index is 13.1. The van der Waals surface area contributed by atoms with E-state index in [-0.39, 0.29) is 0 Å². The van der Waals surface area contributed by atoms with Crippen LogP contribution in [-0.2, 0) is 9.84 Å². The van der Waals surface area contributed by atoms with Crippen LogP contribution in [0.2, 0.25) is 0 Å². The number of aromatic nitrogens is 3. The molecule has 6 aromatic carbocycles. The van der Waals surface area contributed by atoms with Crippen molar-refractivity contribution in [3.8, 4) is 67.5 Å². The highest BCUT2D eigenvalue weighted by molar-refractivity contribution is 7.92. The van der Waals surface area contributed by atoms with Gasteiger partial charge in [-0.1, -0.05) is 121 Å². The van der Waals surface area contributed by atoms with E-state index in [0.717, 1.165) is 50.1 Å². The van der Waals surface area contributed by atoms with Gasteiger partial charge >= 0.3 is 0 Å². The summed E-state index contributed by atoms with van der Waals surface area (Å²) in [5.74, 6) is 1.73. The van der Waals surface area contributed by atoms with Gasteiger partial charge in [0.1, 0.15) is 0 Å². The van der Waals surface area contributed by atoms with Gasteiger partial charge in [0.2, 0.25) is 9.84 Å². The first-order chi connectivity index (χ1) is 22.0. The summed E-state index contributed by atoms with van der Waals surface area (Å²) in [4.78, 5) is 15.5. The molecule has 45 heavy (non-hydrogen) atoms. The predicted molar refractivity (Wildman–Crippen MR) is 178 cm³/mol. The van der Waals surface area contributed by atoms with Crippen molar-refractivity contribution in [1.82, 2.24) is 15.0 Å². The highest BCUT2D eigenvalue weighted by atomic mass is 32.2. The van der Waals surface area contributed by atoms with Crippen molar-refractivity contribution in [2.24, 2.45) is 0 Å². The molecule has 0 saturated carbocycles. The Kier molecular flexibility index (Phi) is 6.43. The molecular weight excluding hydrogens is 575 g/mol. The van der Waals surface area contributed by atoms with Gasteiger partial charge in [-0.15, -0.1) is 0 Å². The van der Waals surface area contributed by atoms with Gasteiger partial charge in [0.25, 0.3) is 0 Å². The average molecular weight is 600 g/mol. The summed E-state index contributed by atoms with van der Waals surface area (Å²) in [7, 11) is -3.53. The zero-order valence-electron chi connectivity index (χ0n) is 24.0. The van der Waals surface area contributed by atoms with E-state index in [2.05, 4.69) is 24.3 Å². The van der Waals surface area contributed by atoms with E-state index in [9.17, 15) is 8.42 Å². The Morgan fingerprint density at radius 1 is 0.333 bits per heavy atom. The minimum atomic E-state index is -3.53. The smallest absolute Gasteiger partial charge is 0.207 e. The molecule has 0 unspecified atom stereocenters. The van der Waals surface area contributed by atoms with E-state index < -0.39 is 9.84 Å². The van der Waals surface area contributed by atoms with Crippen LogP contribution in [0.5, 0.6) is 0 Å². The van der Waals surface area contributed by atoms with Crippen molar-refractivity contribution in [3.05, 3.63) is 152 Å². The molecule has 1 aromatic heterocycles.